The van der Waals surface area contributed by atoms with Gasteiger partial charge in [-0.25, -0.2) is 14.2 Å². The van der Waals surface area contributed by atoms with E-state index in [9.17, 15) is 28.4 Å². The number of aryl methyl sites for hydroxylation is 1. The van der Waals surface area contributed by atoms with E-state index in [4.69, 9.17) is 24.2 Å². The van der Waals surface area contributed by atoms with Crippen LogP contribution in [-0.4, -0.2) is 184 Å². The lowest BCUT2D eigenvalue weighted by Gasteiger charge is -2.35. The molecule has 4 aliphatic rings. The number of piperazine rings is 1. The number of nitrogens with one attached hydrogen (secondary N) is 5. The number of carbonyl (C=O) groups is 5. The molecule has 3 aromatic rings. The number of amides is 6. The molecule has 0 spiro atoms. The monoisotopic (exact) mass is 1070 g/mol. The quantitative estimate of drug-likeness (QED) is 0.0457. The Morgan fingerprint density at radius 1 is 0.737 bits per heavy atom. The number of urea groups is 1. The fourth-order valence-electron chi connectivity index (χ4n) is 9.74. The lowest BCUT2D eigenvalue weighted by atomic mass is 10.0. The molecule has 4 fully saturated rings. The van der Waals surface area contributed by atoms with Crippen molar-refractivity contribution in [3.63, 3.8) is 0 Å². The normalized spacial score (nSPS) is 18.9. The van der Waals surface area contributed by atoms with Crippen molar-refractivity contribution in [2.75, 3.05) is 111 Å². The predicted molar refractivity (Wildman–Crippen MR) is 285 cm³/mol. The maximum absolute atomic E-state index is 13.8. The molecule has 4 aliphatic heterocycles. The van der Waals surface area contributed by atoms with Crippen LogP contribution in [0.15, 0.2) is 60.8 Å². The van der Waals surface area contributed by atoms with E-state index in [1.54, 1.807) is 23.1 Å². The second-order valence-corrected chi connectivity index (χ2v) is 20.9. The lowest BCUT2D eigenvalue weighted by Crippen LogP contribution is -2.48. The number of nitrogens with zero attached hydrogens (tertiary/aromatic N) is 5. The van der Waals surface area contributed by atoms with Crippen molar-refractivity contribution in [2.24, 2.45) is 0 Å². The third kappa shape index (κ3) is 19.4. The van der Waals surface area contributed by atoms with Gasteiger partial charge in [0.15, 0.2) is 0 Å². The highest BCUT2D eigenvalue weighted by atomic mass is 32.2. The molecule has 0 saturated carbocycles. The number of thioether (sulfide) groups is 1. The van der Waals surface area contributed by atoms with Crippen molar-refractivity contribution in [3.8, 4) is 6.07 Å². The SMILES string of the molecule is N#Cc1ccc(CN2CCC(NC(=O)c3ncc(C(=O)N4CCN(Cc5ccc(F)cc5)CC4)cc3CCCNC(=O)CCOCCOCCOCCOCCNC(=O)CCCC[C@@H]3SCC4NC(=O)NC43)CC2)cc1. The first-order valence-electron chi connectivity index (χ1n) is 26.9. The summed E-state index contributed by atoms with van der Waals surface area (Å²) in [5.74, 6) is 0.0768. The van der Waals surface area contributed by atoms with Crippen molar-refractivity contribution >= 4 is 41.4 Å². The third-order valence-electron chi connectivity index (χ3n) is 14.0. The van der Waals surface area contributed by atoms with Gasteiger partial charge >= 0.3 is 6.03 Å². The van der Waals surface area contributed by atoms with Crippen LogP contribution in [-0.2, 0) is 48.0 Å². The van der Waals surface area contributed by atoms with Crippen LogP contribution in [0.3, 0.4) is 0 Å². The second kappa shape index (κ2) is 31.5. The van der Waals surface area contributed by atoms with Gasteiger partial charge in [-0.15, -0.1) is 0 Å². The van der Waals surface area contributed by atoms with E-state index in [-0.39, 0.29) is 72.3 Å². The molecule has 3 atom stereocenters. The van der Waals surface area contributed by atoms with Gasteiger partial charge < -0.3 is 50.4 Å². The molecule has 2 unspecified atom stereocenters. The van der Waals surface area contributed by atoms with Gasteiger partial charge in [-0.1, -0.05) is 30.7 Å². The van der Waals surface area contributed by atoms with E-state index in [1.165, 1.54) is 18.3 Å². The Morgan fingerprint density at radius 3 is 2.04 bits per heavy atom. The van der Waals surface area contributed by atoms with Crippen LogP contribution in [0.5, 0.6) is 0 Å². The number of hydrogen-bond donors (Lipinski definition) is 5. The summed E-state index contributed by atoms with van der Waals surface area (Å²) in [5.41, 5.74) is 4.09. The van der Waals surface area contributed by atoms with Crippen molar-refractivity contribution in [1.29, 1.82) is 5.26 Å². The average molecular weight is 1070 g/mol. The summed E-state index contributed by atoms with van der Waals surface area (Å²) in [7, 11) is 0. The first-order chi connectivity index (χ1) is 37.1. The molecule has 19 nitrogen and oxygen atoms in total. The van der Waals surface area contributed by atoms with E-state index in [1.807, 2.05) is 36.0 Å². The van der Waals surface area contributed by atoms with Gasteiger partial charge in [0, 0.05) is 102 Å². The number of nitriles is 1. The molecule has 0 radical (unpaired) electrons. The Hall–Kier alpha value is -5.73. The van der Waals surface area contributed by atoms with Gasteiger partial charge in [-0.3, -0.25) is 29.0 Å². The van der Waals surface area contributed by atoms with Crippen molar-refractivity contribution < 1.29 is 47.3 Å². The van der Waals surface area contributed by atoms with Crippen molar-refractivity contribution in [1.82, 2.24) is 46.3 Å². The number of likely N-dealkylation sites (tertiary alicyclic amines) is 1. The molecule has 76 heavy (non-hydrogen) atoms. The Balaban J connectivity index is 0.731. The first-order valence-corrected chi connectivity index (χ1v) is 28.0. The fraction of sp³-hybridized carbons (Fsp3) is 0.582. The van der Waals surface area contributed by atoms with Crippen LogP contribution in [0, 0.1) is 17.1 Å². The predicted octanol–water partition coefficient (Wildman–Crippen LogP) is 3.79. The van der Waals surface area contributed by atoms with E-state index in [2.05, 4.69) is 47.4 Å². The highest BCUT2D eigenvalue weighted by Crippen LogP contribution is 2.33. The molecule has 5 N–H and O–H groups in total. The zero-order valence-corrected chi connectivity index (χ0v) is 44.4. The molecule has 0 bridgehead atoms. The molecular weight excluding hydrogens is 996 g/mol. The molecule has 412 valence electrons. The van der Waals surface area contributed by atoms with Gasteiger partial charge in [-0.05, 0) is 85.5 Å². The van der Waals surface area contributed by atoms with Crippen LogP contribution < -0.4 is 26.6 Å². The highest BCUT2D eigenvalue weighted by molar-refractivity contribution is 8.00. The van der Waals surface area contributed by atoms with Crippen molar-refractivity contribution in [2.45, 2.75) is 94.3 Å². The zero-order valence-electron chi connectivity index (χ0n) is 43.6. The third-order valence-corrected chi connectivity index (χ3v) is 15.5. The van der Waals surface area contributed by atoms with Crippen LogP contribution >= 0.6 is 11.8 Å². The Morgan fingerprint density at radius 2 is 1.36 bits per heavy atom. The van der Waals surface area contributed by atoms with Crippen LogP contribution in [0.2, 0.25) is 0 Å². The number of benzene rings is 2. The number of carbonyl (C=O) groups excluding carboxylic acids is 5. The smallest absolute Gasteiger partial charge is 0.315 e. The summed E-state index contributed by atoms with van der Waals surface area (Å²) in [6, 6.07) is 18.3. The summed E-state index contributed by atoms with van der Waals surface area (Å²) < 4.78 is 35.7. The fourth-order valence-corrected chi connectivity index (χ4v) is 11.3. The number of piperidine rings is 1. The number of unbranched alkanes of at least 4 members (excludes halogenated alkanes) is 1. The minimum atomic E-state index is -0.288. The minimum Gasteiger partial charge on any atom is -0.379 e. The molecule has 6 amide bonds. The maximum Gasteiger partial charge on any atom is 0.315 e. The van der Waals surface area contributed by atoms with E-state index in [0.29, 0.717) is 133 Å². The number of fused-ring (bicyclic) bond motifs is 1. The summed E-state index contributed by atoms with van der Waals surface area (Å²) >= 11 is 1.89. The molecular formula is C55H75FN10O9S. The number of halogens is 1. The molecule has 4 saturated heterocycles. The maximum atomic E-state index is 13.8. The van der Waals surface area contributed by atoms with Gasteiger partial charge in [0.1, 0.15) is 11.5 Å². The number of ether oxygens (including phenoxy) is 4. The van der Waals surface area contributed by atoms with E-state index in [0.717, 1.165) is 68.6 Å². The van der Waals surface area contributed by atoms with Crippen LogP contribution in [0.25, 0.3) is 0 Å². The molecule has 21 heteroatoms. The molecule has 1 aromatic heterocycles. The standard InChI is InChI=1S/C55H75FN10O9S/c56-45-13-11-42(12-14-45)38-65-22-24-66(25-23-65)54(70)44-34-43(51(60-36-44)53(69)61-46-15-20-64(21-16-46)37-41-9-7-40(35-57)8-10-41)4-3-18-58-50(68)17-26-72-28-30-74-32-33-75-31-29-73-27-19-59-49(67)6-2-1-5-48-52-47(39-76-48)62-55(71)63-52/h7-14,34,36,46-48,52H,1-6,15-33,37-39H2,(H,58,68)(H,59,67)(H,61,69)(H2,62,63,71)/t47?,48-,52?/m0/s1. The van der Waals surface area contributed by atoms with Crippen LogP contribution in [0.4, 0.5) is 9.18 Å². The Kier molecular flexibility index (Phi) is 24.0. The molecule has 5 heterocycles. The largest absolute Gasteiger partial charge is 0.379 e. The molecule has 7 rings (SSSR count). The number of pyridine rings is 1. The highest BCUT2D eigenvalue weighted by Gasteiger charge is 2.42. The number of hydrogen-bond acceptors (Lipinski definition) is 14. The Bertz CT molecular complexity index is 2370. The molecule has 0 aliphatic carbocycles. The summed E-state index contributed by atoms with van der Waals surface area (Å²) in [5, 5.41) is 24.5. The zero-order chi connectivity index (χ0) is 53.3. The summed E-state index contributed by atoms with van der Waals surface area (Å²) in [6.45, 7) is 9.16. The minimum absolute atomic E-state index is 0.0145. The van der Waals surface area contributed by atoms with E-state index >= 15 is 0 Å². The molecule has 2 aromatic carbocycles. The average Bonchev–Trinajstić information content (AvgIpc) is 4.00. The number of aromatic nitrogens is 1. The van der Waals surface area contributed by atoms with Gasteiger partial charge in [0.2, 0.25) is 11.8 Å². The summed E-state index contributed by atoms with van der Waals surface area (Å²) in [6.07, 6.45) is 7.37. The van der Waals surface area contributed by atoms with E-state index < -0.39 is 0 Å². The lowest BCUT2D eigenvalue weighted by molar-refractivity contribution is -0.122. The van der Waals surface area contributed by atoms with Gasteiger partial charge in [0.25, 0.3) is 11.8 Å². The van der Waals surface area contributed by atoms with Gasteiger partial charge in [0.05, 0.1) is 82.1 Å². The van der Waals surface area contributed by atoms with Crippen molar-refractivity contribution in [3.05, 3.63) is 100 Å². The number of rotatable bonds is 31. The first kappa shape index (κ1) is 58.0. The summed E-state index contributed by atoms with van der Waals surface area (Å²) in [4.78, 5) is 75.0. The Labute approximate surface area is 450 Å². The van der Waals surface area contributed by atoms with Crippen LogP contribution in [0.1, 0.15) is 94.5 Å². The topological polar surface area (TPSA) is 229 Å². The van der Waals surface area contributed by atoms with Gasteiger partial charge in [-0.2, -0.15) is 17.0 Å². The second-order valence-electron chi connectivity index (χ2n) is 19.6.